The molecule has 0 saturated heterocycles. The fourth-order valence-corrected chi connectivity index (χ4v) is 1.59. The lowest BCUT2D eigenvalue weighted by atomic mass is 10.0. The van der Waals surface area contributed by atoms with E-state index in [2.05, 4.69) is 10.6 Å². The number of rotatable bonds is 5. The molecule has 1 aromatic carbocycles. The Balaban J connectivity index is 2.83. The number of nitrogens with one attached hydrogen (secondary N) is 2. The molecule has 0 heterocycles. The van der Waals surface area contributed by atoms with Gasteiger partial charge in [-0.05, 0) is 33.9 Å². The number of hydrogen-bond acceptors (Lipinski definition) is 3. The normalized spacial score (nSPS) is 12.9. The highest BCUT2D eigenvalue weighted by Crippen LogP contribution is 2.24. The molecule has 0 aliphatic rings. The molecule has 1 aromatic rings. The number of hydrogen-bond donors (Lipinski definition) is 2. The van der Waals surface area contributed by atoms with Gasteiger partial charge in [0.1, 0.15) is 5.75 Å². The highest BCUT2D eigenvalue weighted by molar-refractivity contribution is 5.85. The zero-order chi connectivity index (χ0) is 13.8. The lowest BCUT2D eigenvalue weighted by molar-refractivity contribution is -0.126. The van der Waals surface area contributed by atoms with Crippen LogP contribution in [-0.4, -0.2) is 25.6 Å². The summed E-state index contributed by atoms with van der Waals surface area (Å²) in [6.07, 6.45) is 0. The van der Waals surface area contributed by atoms with Crippen molar-refractivity contribution in [3.8, 4) is 5.75 Å². The molecule has 0 bridgehead atoms. The van der Waals surface area contributed by atoms with Crippen molar-refractivity contribution < 1.29 is 9.53 Å². The Morgan fingerprint density at radius 1 is 1.33 bits per heavy atom. The second kappa shape index (κ2) is 5.87. The summed E-state index contributed by atoms with van der Waals surface area (Å²) < 4.78 is 5.29. The van der Waals surface area contributed by atoms with Crippen LogP contribution in [0.1, 0.15) is 32.4 Å². The molecule has 1 atom stereocenters. The average molecular weight is 250 g/mol. The van der Waals surface area contributed by atoms with Gasteiger partial charge in [0, 0.05) is 5.56 Å². The van der Waals surface area contributed by atoms with Gasteiger partial charge in [-0.25, -0.2) is 0 Å². The van der Waals surface area contributed by atoms with Gasteiger partial charge in [-0.2, -0.15) is 0 Å². The van der Waals surface area contributed by atoms with E-state index in [9.17, 15) is 4.79 Å². The first-order valence-corrected chi connectivity index (χ1v) is 6.05. The quantitative estimate of drug-likeness (QED) is 0.839. The molecule has 18 heavy (non-hydrogen) atoms. The molecular weight excluding hydrogens is 228 g/mol. The summed E-state index contributed by atoms with van der Waals surface area (Å²) in [6, 6.07) is 7.59. The molecule has 0 fully saturated rings. The van der Waals surface area contributed by atoms with Crippen LogP contribution < -0.4 is 15.4 Å². The lowest BCUT2D eigenvalue weighted by Gasteiger charge is -2.26. The highest BCUT2D eigenvalue weighted by atomic mass is 16.5. The number of carbonyl (C=O) groups is 1. The van der Waals surface area contributed by atoms with E-state index in [1.807, 2.05) is 45.0 Å². The van der Waals surface area contributed by atoms with Gasteiger partial charge in [-0.3, -0.25) is 4.79 Å². The third kappa shape index (κ3) is 3.23. The fourth-order valence-electron chi connectivity index (χ4n) is 1.59. The molecule has 0 unspecified atom stereocenters. The first kappa shape index (κ1) is 14.5. The summed E-state index contributed by atoms with van der Waals surface area (Å²) in [7, 11) is 3.40. The minimum absolute atomic E-state index is 0.0385. The monoisotopic (exact) mass is 250 g/mol. The molecule has 0 spiro atoms. The van der Waals surface area contributed by atoms with Gasteiger partial charge in [0.25, 0.3) is 0 Å². The van der Waals surface area contributed by atoms with Gasteiger partial charge in [-0.15, -0.1) is 0 Å². The third-order valence-electron chi connectivity index (χ3n) is 3.15. The lowest BCUT2D eigenvalue weighted by Crippen LogP contribution is -2.51. The maximum absolute atomic E-state index is 12.1. The molecule has 100 valence electrons. The van der Waals surface area contributed by atoms with Crippen LogP contribution in [0.25, 0.3) is 0 Å². The summed E-state index contributed by atoms with van der Waals surface area (Å²) in [5.74, 6) is 0.746. The van der Waals surface area contributed by atoms with E-state index in [0.29, 0.717) is 0 Å². The van der Waals surface area contributed by atoms with Crippen molar-refractivity contribution in [3.63, 3.8) is 0 Å². The summed E-state index contributed by atoms with van der Waals surface area (Å²) in [4.78, 5) is 12.1. The summed E-state index contributed by atoms with van der Waals surface area (Å²) in [5, 5.41) is 5.96. The van der Waals surface area contributed by atoms with Gasteiger partial charge in [-0.1, -0.05) is 18.2 Å². The molecule has 0 aliphatic heterocycles. The fraction of sp³-hybridized carbons (Fsp3) is 0.500. The van der Waals surface area contributed by atoms with Crippen LogP contribution in [0.3, 0.4) is 0 Å². The van der Waals surface area contributed by atoms with Crippen molar-refractivity contribution in [2.45, 2.75) is 32.4 Å². The minimum atomic E-state index is -0.587. The second-order valence-corrected chi connectivity index (χ2v) is 4.81. The number of methoxy groups -OCH3 is 1. The van der Waals surface area contributed by atoms with Crippen molar-refractivity contribution in [2.75, 3.05) is 14.2 Å². The molecule has 4 nitrogen and oxygen atoms in total. The minimum Gasteiger partial charge on any atom is -0.496 e. The summed E-state index contributed by atoms with van der Waals surface area (Å²) >= 11 is 0. The zero-order valence-electron chi connectivity index (χ0n) is 11.7. The van der Waals surface area contributed by atoms with Crippen LogP contribution in [0.4, 0.5) is 0 Å². The topological polar surface area (TPSA) is 50.4 Å². The van der Waals surface area contributed by atoms with E-state index in [0.717, 1.165) is 11.3 Å². The van der Waals surface area contributed by atoms with E-state index in [-0.39, 0.29) is 11.9 Å². The Hall–Kier alpha value is -1.55. The molecule has 0 radical (unpaired) electrons. The van der Waals surface area contributed by atoms with E-state index in [1.165, 1.54) is 0 Å². The molecule has 0 aromatic heterocycles. The van der Waals surface area contributed by atoms with Crippen LogP contribution in [0.15, 0.2) is 24.3 Å². The van der Waals surface area contributed by atoms with Crippen molar-refractivity contribution in [2.24, 2.45) is 0 Å². The summed E-state index contributed by atoms with van der Waals surface area (Å²) in [6.45, 7) is 5.63. The number of likely N-dealkylation sites (N-methyl/N-ethyl adjacent to an activating group) is 1. The van der Waals surface area contributed by atoms with Crippen LogP contribution >= 0.6 is 0 Å². The molecule has 4 heteroatoms. The molecule has 2 N–H and O–H groups in total. The third-order valence-corrected chi connectivity index (χ3v) is 3.15. The van der Waals surface area contributed by atoms with Crippen molar-refractivity contribution >= 4 is 5.91 Å². The largest absolute Gasteiger partial charge is 0.496 e. The Morgan fingerprint density at radius 2 is 1.94 bits per heavy atom. The van der Waals surface area contributed by atoms with E-state index < -0.39 is 5.54 Å². The standard InChI is InChI=1S/C14H22N2O2/c1-10(16-13(17)14(2,3)15-4)11-8-6-7-9-12(11)18-5/h6-10,15H,1-5H3,(H,16,17)/t10-/m1/s1. The van der Waals surface area contributed by atoms with E-state index in [1.54, 1.807) is 14.2 Å². The second-order valence-electron chi connectivity index (χ2n) is 4.81. The van der Waals surface area contributed by atoms with Crippen molar-refractivity contribution in [3.05, 3.63) is 29.8 Å². The van der Waals surface area contributed by atoms with Gasteiger partial charge in [0.15, 0.2) is 0 Å². The number of para-hydroxylation sites is 1. The van der Waals surface area contributed by atoms with Gasteiger partial charge in [0.05, 0.1) is 18.7 Å². The van der Waals surface area contributed by atoms with Gasteiger partial charge in [0.2, 0.25) is 5.91 Å². The summed E-state index contributed by atoms with van der Waals surface area (Å²) in [5.41, 5.74) is 0.385. The average Bonchev–Trinajstić information content (AvgIpc) is 2.38. The van der Waals surface area contributed by atoms with Crippen LogP contribution in [0.2, 0.25) is 0 Å². The van der Waals surface area contributed by atoms with Gasteiger partial charge < -0.3 is 15.4 Å². The number of amides is 1. The molecule has 1 amide bonds. The molecule has 0 aliphatic carbocycles. The van der Waals surface area contributed by atoms with Gasteiger partial charge >= 0.3 is 0 Å². The molecule has 1 rings (SSSR count). The van der Waals surface area contributed by atoms with Crippen LogP contribution in [0, 0.1) is 0 Å². The first-order chi connectivity index (χ1) is 8.42. The van der Waals surface area contributed by atoms with Crippen molar-refractivity contribution in [1.29, 1.82) is 0 Å². The SMILES string of the molecule is CNC(C)(C)C(=O)N[C@H](C)c1ccccc1OC. The number of ether oxygens (including phenoxy) is 1. The van der Waals surface area contributed by atoms with E-state index in [4.69, 9.17) is 4.74 Å². The Kier molecular flexibility index (Phi) is 4.73. The highest BCUT2D eigenvalue weighted by Gasteiger charge is 2.27. The molecule has 0 saturated carbocycles. The number of carbonyl (C=O) groups excluding carboxylic acids is 1. The van der Waals surface area contributed by atoms with E-state index >= 15 is 0 Å². The predicted molar refractivity (Wildman–Crippen MR) is 72.7 cm³/mol. The Labute approximate surface area is 109 Å². The number of benzene rings is 1. The zero-order valence-corrected chi connectivity index (χ0v) is 11.7. The predicted octanol–water partition coefficient (Wildman–Crippen LogP) is 1.87. The Bertz CT molecular complexity index is 416. The maximum atomic E-state index is 12.1. The van der Waals surface area contributed by atoms with Crippen LogP contribution in [0.5, 0.6) is 5.75 Å². The Morgan fingerprint density at radius 3 is 2.50 bits per heavy atom. The molecular formula is C14H22N2O2. The van der Waals surface area contributed by atoms with Crippen LogP contribution in [-0.2, 0) is 4.79 Å². The smallest absolute Gasteiger partial charge is 0.240 e. The van der Waals surface area contributed by atoms with Crippen molar-refractivity contribution in [1.82, 2.24) is 10.6 Å². The maximum Gasteiger partial charge on any atom is 0.240 e. The first-order valence-electron chi connectivity index (χ1n) is 6.05.